The maximum atomic E-state index is 13.2. The van der Waals surface area contributed by atoms with Gasteiger partial charge in [0, 0.05) is 43.0 Å². The number of pyridine rings is 1. The number of aliphatic hydroxyl groups is 1. The highest BCUT2D eigenvalue weighted by atomic mass is 35.5. The van der Waals surface area contributed by atoms with Crippen molar-refractivity contribution in [2.75, 3.05) is 43.1 Å². The Balaban J connectivity index is 1.27. The number of hydrogen-bond acceptors (Lipinski definition) is 7. The fraction of sp³-hybridized carbons (Fsp3) is 0.321. The maximum Gasteiger partial charge on any atom is 0.350 e. The Morgan fingerprint density at radius 3 is 2.39 bits per heavy atom. The number of piperazine rings is 1. The summed E-state index contributed by atoms with van der Waals surface area (Å²) < 4.78 is 8.15. The summed E-state index contributed by atoms with van der Waals surface area (Å²) in [4.78, 5) is 22.5. The Hall–Kier alpha value is -3.82. The van der Waals surface area contributed by atoms with E-state index in [1.54, 1.807) is 37.6 Å². The van der Waals surface area contributed by atoms with Crippen LogP contribution in [-0.2, 0) is 0 Å². The van der Waals surface area contributed by atoms with Crippen molar-refractivity contribution in [3.8, 4) is 11.4 Å². The topological polar surface area (TPSA) is 88.7 Å². The van der Waals surface area contributed by atoms with Gasteiger partial charge in [0.2, 0.25) is 0 Å². The van der Waals surface area contributed by atoms with E-state index in [0.717, 1.165) is 43.4 Å². The molecule has 0 aliphatic carbocycles. The summed E-state index contributed by atoms with van der Waals surface area (Å²) in [5.41, 5.74) is 2.12. The second-order valence-electron chi connectivity index (χ2n) is 9.25. The molecule has 0 saturated carbocycles. The van der Waals surface area contributed by atoms with Gasteiger partial charge < -0.3 is 19.6 Å². The summed E-state index contributed by atoms with van der Waals surface area (Å²) in [6, 6.07) is 18.4. The van der Waals surface area contributed by atoms with Crippen LogP contribution in [0.2, 0.25) is 5.02 Å². The standard InChI is InChI=1S/C28H31ClN6O3/c1-3-25(27(36)20-7-9-21(29)10-8-20)35-28(37)34(19-31-35)23-11-12-26(30-18-23)33-15-13-32(14-16-33)22-5-4-6-24(17-22)38-2/h4-12,17-19,25,27,36H,3,13-16H2,1-2H3. The van der Waals surface area contributed by atoms with E-state index in [0.29, 0.717) is 22.7 Å². The van der Waals surface area contributed by atoms with Gasteiger partial charge in [-0.05, 0) is 48.4 Å². The number of rotatable bonds is 8. The van der Waals surface area contributed by atoms with Gasteiger partial charge in [-0.2, -0.15) is 5.10 Å². The predicted molar refractivity (Wildman–Crippen MR) is 149 cm³/mol. The Bertz CT molecular complexity index is 1410. The average molecular weight is 535 g/mol. The molecule has 4 aromatic rings. The number of anilines is 2. The van der Waals surface area contributed by atoms with E-state index in [2.05, 4.69) is 32.0 Å². The molecule has 1 aliphatic rings. The van der Waals surface area contributed by atoms with E-state index in [-0.39, 0.29) is 5.69 Å². The third-order valence-corrected chi connectivity index (χ3v) is 7.29. The quantitative estimate of drug-likeness (QED) is 0.364. The minimum Gasteiger partial charge on any atom is -0.497 e. The summed E-state index contributed by atoms with van der Waals surface area (Å²) in [5, 5.41) is 15.9. The van der Waals surface area contributed by atoms with Crippen molar-refractivity contribution in [3.05, 3.63) is 94.3 Å². The second-order valence-corrected chi connectivity index (χ2v) is 9.69. The van der Waals surface area contributed by atoms with Crippen LogP contribution in [0, 0.1) is 0 Å². The van der Waals surface area contributed by atoms with Crippen LogP contribution in [0.25, 0.3) is 5.69 Å². The summed E-state index contributed by atoms with van der Waals surface area (Å²) in [6.45, 7) is 5.33. The van der Waals surface area contributed by atoms with Crippen LogP contribution in [-0.4, -0.2) is 57.7 Å². The molecule has 2 unspecified atom stereocenters. The molecule has 0 radical (unpaired) electrons. The molecule has 2 atom stereocenters. The van der Waals surface area contributed by atoms with E-state index in [9.17, 15) is 9.90 Å². The molecule has 0 spiro atoms. The summed E-state index contributed by atoms with van der Waals surface area (Å²) in [7, 11) is 1.68. The molecule has 2 aromatic heterocycles. The van der Waals surface area contributed by atoms with Crippen LogP contribution in [0.3, 0.4) is 0 Å². The third kappa shape index (κ3) is 5.25. The lowest BCUT2D eigenvalue weighted by molar-refractivity contribution is 0.101. The van der Waals surface area contributed by atoms with Crippen LogP contribution in [0.5, 0.6) is 5.75 Å². The van der Waals surface area contributed by atoms with Gasteiger partial charge in [0.05, 0.1) is 25.0 Å². The minimum absolute atomic E-state index is 0.327. The maximum absolute atomic E-state index is 13.2. The lowest BCUT2D eigenvalue weighted by Gasteiger charge is -2.36. The molecule has 9 nitrogen and oxygen atoms in total. The van der Waals surface area contributed by atoms with Crippen molar-refractivity contribution in [3.63, 3.8) is 0 Å². The van der Waals surface area contributed by atoms with E-state index in [4.69, 9.17) is 16.3 Å². The van der Waals surface area contributed by atoms with Crippen molar-refractivity contribution >= 4 is 23.1 Å². The molecule has 0 amide bonds. The lowest BCUT2D eigenvalue weighted by Crippen LogP contribution is -2.46. The van der Waals surface area contributed by atoms with Gasteiger partial charge in [0.15, 0.2) is 0 Å². The highest BCUT2D eigenvalue weighted by Gasteiger charge is 2.25. The number of nitrogens with zero attached hydrogens (tertiary/aromatic N) is 6. The SMILES string of the molecule is CCC(C(O)c1ccc(Cl)cc1)n1ncn(-c2ccc(N3CCN(c4cccc(OC)c4)CC3)nc2)c1=O. The number of ether oxygens (including phenoxy) is 1. The zero-order valence-electron chi connectivity index (χ0n) is 21.4. The smallest absolute Gasteiger partial charge is 0.350 e. The van der Waals surface area contributed by atoms with Crippen molar-refractivity contribution in [1.29, 1.82) is 0 Å². The Morgan fingerprint density at radius 2 is 1.74 bits per heavy atom. The van der Waals surface area contributed by atoms with Gasteiger partial charge in [0.1, 0.15) is 24.0 Å². The van der Waals surface area contributed by atoms with Gasteiger partial charge >= 0.3 is 5.69 Å². The summed E-state index contributed by atoms with van der Waals surface area (Å²) in [5.74, 6) is 1.72. The van der Waals surface area contributed by atoms with E-state index in [1.807, 2.05) is 31.2 Å². The second kappa shape index (κ2) is 11.3. The fourth-order valence-corrected chi connectivity index (χ4v) is 4.97. The minimum atomic E-state index is -0.894. The first kappa shape index (κ1) is 25.8. The highest BCUT2D eigenvalue weighted by Crippen LogP contribution is 2.29. The zero-order valence-corrected chi connectivity index (χ0v) is 22.2. The van der Waals surface area contributed by atoms with E-state index >= 15 is 0 Å². The normalized spacial score (nSPS) is 15.4. The number of aromatic nitrogens is 4. The zero-order chi connectivity index (χ0) is 26.6. The Kier molecular flexibility index (Phi) is 7.67. The molecule has 1 N–H and O–H groups in total. The number of aliphatic hydroxyl groups excluding tert-OH is 1. The fourth-order valence-electron chi connectivity index (χ4n) is 4.84. The molecule has 38 heavy (non-hydrogen) atoms. The van der Waals surface area contributed by atoms with Gasteiger partial charge in [-0.15, -0.1) is 0 Å². The van der Waals surface area contributed by atoms with Crippen LogP contribution in [0.15, 0.2) is 78.0 Å². The lowest BCUT2D eigenvalue weighted by atomic mass is 10.0. The molecule has 1 saturated heterocycles. The van der Waals surface area contributed by atoms with Crippen LogP contribution in [0.4, 0.5) is 11.5 Å². The molecule has 198 valence electrons. The van der Waals surface area contributed by atoms with Gasteiger partial charge in [-0.25, -0.2) is 19.0 Å². The van der Waals surface area contributed by atoms with Gasteiger partial charge in [-0.3, -0.25) is 0 Å². The predicted octanol–water partition coefficient (Wildman–Crippen LogP) is 4.10. The number of methoxy groups -OCH3 is 1. The Labute approximate surface area is 226 Å². The monoisotopic (exact) mass is 534 g/mol. The molecule has 1 aliphatic heterocycles. The van der Waals surface area contributed by atoms with Gasteiger partial charge in [-0.1, -0.05) is 36.7 Å². The first-order chi connectivity index (χ1) is 18.5. The van der Waals surface area contributed by atoms with Crippen LogP contribution < -0.4 is 20.2 Å². The number of halogens is 1. The van der Waals surface area contributed by atoms with E-state index in [1.165, 1.54) is 15.6 Å². The largest absolute Gasteiger partial charge is 0.497 e. The number of benzene rings is 2. The third-order valence-electron chi connectivity index (χ3n) is 7.03. The van der Waals surface area contributed by atoms with Crippen molar-refractivity contribution < 1.29 is 9.84 Å². The summed E-state index contributed by atoms with van der Waals surface area (Å²) in [6.07, 6.45) is 2.80. The highest BCUT2D eigenvalue weighted by molar-refractivity contribution is 6.30. The first-order valence-electron chi connectivity index (χ1n) is 12.7. The van der Waals surface area contributed by atoms with Crippen molar-refractivity contribution in [1.82, 2.24) is 19.3 Å². The van der Waals surface area contributed by atoms with Crippen molar-refractivity contribution in [2.24, 2.45) is 0 Å². The molecular weight excluding hydrogens is 504 g/mol. The molecule has 5 rings (SSSR count). The van der Waals surface area contributed by atoms with Crippen molar-refractivity contribution in [2.45, 2.75) is 25.5 Å². The first-order valence-corrected chi connectivity index (χ1v) is 13.1. The molecule has 1 fully saturated rings. The Morgan fingerprint density at radius 1 is 1.00 bits per heavy atom. The molecule has 10 heteroatoms. The van der Waals surface area contributed by atoms with Gasteiger partial charge in [0.25, 0.3) is 0 Å². The molecular formula is C28H31ClN6O3. The molecule has 2 aromatic carbocycles. The molecule has 3 heterocycles. The average Bonchev–Trinajstić information content (AvgIpc) is 3.34. The number of hydrogen-bond donors (Lipinski definition) is 1. The molecule has 0 bridgehead atoms. The van der Waals surface area contributed by atoms with E-state index < -0.39 is 12.1 Å². The van der Waals surface area contributed by atoms with Crippen LogP contribution in [0.1, 0.15) is 31.1 Å². The van der Waals surface area contributed by atoms with Crippen LogP contribution >= 0.6 is 11.6 Å². The summed E-state index contributed by atoms with van der Waals surface area (Å²) >= 11 is 5.98.